The Bertz CT molecular complexity index is 1230. The number of carbonyl (C=O) groups excluding carboxylic acids is 2. The topological polar surface area (TPSA) is 87.9 Å². The number of nitrogens with zero attached hydrogens (tertiary/aromatic N) is 2. The molecule has 1 heterocycles. The average molecular weight is 589 g/mol. The summed E-state index contributed by atoms with van der Waals surface area (Å²) < 4.78 is 43.4. The standard InChI is InChI=1S/C30H35F3N4O3S/c1-3-5-22-7-9-24(10-8-22)20-35-29(39)27-21-36(28(38)19-23(6-4-2)15-16-34)17-18-37(27)41-26-13-11-25(12-14-26)40-30(31,32)33/h4,6-16,27H,2-3,5,17-21,34H2,1H3,(H,35,39)/b16-15-,23-6+/t27-/m1/s1. The highest BCUT2D eigenvalue weighted by Gasteiger charge is 2.35. The Kier molecular flexibility index (Phi) is 11.9. The average Bonchev–Trinajstić information content (AvgIpc) is 2.93. The van der Waals surface area contributed by atoms with Crippen LogP contribution < -0.4 is 15.8 Å². The number of piperazine rings is 1. The third-order valence-corrected chi connectivity index (χ3v) is 7.45. The molecule has 2 amide bonds. The number of allylic oxidation sites excluding steroid dienone is 3. The highest BCUT2D eigenvalue weighted by Crippen LogP contribution is 2.31. The van der Waals surface area contributed by atoms with Crippen molar-refractivity contribution in [1.82, 2.24) is 14.5 Å². The molecule has 2 aromatic carbocycles. The van der Waals surface area contributed by atoms with Gasteiger partial charge in [-0.25, -0.2) is 4.31 Å². The van der Waals surface area contributed by atoms with Gasteiger partial charge in [0.25, 0.3) is 0 Å². The summed E-state index contributed by atoms with van der Waals surface area (Å²) in [5, 5.41) is 2.98. The number of alkyl halides is 3. The maximum Gasteiger partial charge on any atom is 0.573 e. The third-order valence-electron chi connectivity index (χ3n) is 6.29. The normalized spacial score (nSPS) is 16.5. The summed E-state index contributed by atoms with van der Waals surface area (Å²) >= 11 is 1.25. The fourth-order valence-corrected chi connectivity index (χ4v) is 5.30. The minimum absolute atomic E-state index is 0.103. The summed E-state index contributed by atoms with van der Waals surface area (Å²) in [6.07, 6.45) is 3.62. The van der Waals surface area contributed by atoms with Crippen molar-refractivity contribution in [2.75, 3.05) is 19.6 Å². The lowest BCUT2D eigenvalue weighted by atomic mass is 10.1. The van der Waals surface area contributed by atoms with Crippen LogP contribution >= 0.6 is 11.9 Å². The second-order valence-electron chi connectivity index (χ2n) is 9.40. The molecule has 1 atom stereocenters. The van der Waals surface area contributed by atoms with Crippen LogP contribution in [0.5, 0.6) is 5.75 Å². The van der Waals surface area contributed by atoms with Gasteiger partial charge in [0.05, 0.1) is 6.42 Å². The van der Waals surface area contributed by atoms with E-state index in [-0.39, 0.29) is 30.5 Å². The zero-order valence-corrected chi connectivity index (χ0v) is 23.7. The van der Waals surface area contributed by atoms with Gasteiger partial charge < -0.3 is 20.7 Å². The molecule has 1 saturated heterocycles. The molecule has 11 heteroatoms. The van der Waals surface area contributed by atoms with Crippen LogP contribution in [-0.4, -0.2) is 53.1 Å². The van der Waals surface area contributed by atoms with Gasteiger partial charge in [0.1, 0.15) is 11.8 Å². The van der Waals surface area contributed by atoms with Crippen LogP contribution in [0.15, 0.2) is 90.0 Å². The molecule has 1 fully saturated rings. The molecule has 7 nitrogen and oxygen atoms in total. The predicted octanol–water partition coefficient (Wildman–Crippen LogP) is 5.35. The van der Waals surface area contributed by atoms with Gasteiger partial charge in [0, 0.05) is 31.1 Å². The minimum atomic E-state index is -4.78. The Labute approximate surface area is 243 Å². The zero-order chi connectivity index (χ0) is 29.8. The summed E-state index contributed by atoms with van der Waals surface area (Å²) in [5.74, 6) is -0.737. The van der Waals surface area contributed by atoms with Crippen molar-refractivity contribution < 1.29 is 27.5 Å². The molecule has 3 N–H and O–H groups in total. The Morgan fingerprint density at radius 2 is 1.80 bits per heavy atom. The number of carbonyl (C=O) groups is 2. The van der Waals surface area contributed by atoms with Crippen LogP contribution in [0.4, 0.5) is 13.2 Å². The van der Waals surface area contributed by atoms with Crippen molar-refractivity contribution in [2.24, 2.45) is 5.73 Å². The molecule has 220 valence electrons. The van der Waals surface area contributed by atoms with Crippen LogP contribution in [0.3, 0.4) is 0 Å². The van der Waals surface area contributed by atoms with Gasteiger partial charge in [0.2, 0.25) is 11.8 Å². The number of hydrogen-bond acceptors (Lipinski definition) is 6. The molecule has 0 unspecified atom stereocenters. The SMILES string of the molecule is C=C/C=C(\C=C/N)CC(=O)N1CCN(Sc2ccc(OC(F)(F)F)cc2)[C@@H](C(=O)NCc2ccc(CCC)cc2)C1. The van der Waals surface area contributed by atoms with Crippen molar-refractivity contribution in [3.63, 3.8) is 0 Å². The number of ether oxygens (including phenoxy) is 1. The van der Waals surface area contributed by atoms with E-state index in [1.54, 1.807) is 23.1 Å². The number of rotatable bonds is 12. The molecule has 41 heavy (non-hydrogen) atoms. The van der Waals surface area contributed by atoms with Crippen LogP contribution in [0.2, 0.25) is 0 Å². The van der Waals surface area contributed by atoms with Crippen molar-refractivity contribution in [3.8, 4) is 5.75 Å². The number of amides is 2. The van der Waals surface area contributed by atoms with E-state index in [1.165, 1.54) is 48.0 Å². The Morgan fingerprint density at radius 3 is 2.41 bits per heavy atom. The fourth-order valence-electron chi connectivity index (χ4n) is 4.31. The van der Waals surface area contributed by atoms with Crippen LogP contribution in [0.1, 0.15) is 30.9 Å². The van der Waals surface area contributed by atoms with E-state index in [0.717, 1.165) is 18.4 Å². The van der Waals surface area contributed by atoms with Crippen molar-refractivity contribution in [1.29, 1.82) is 0 Å². The summed E-state index contributed by atoms with van der Waals surface area (Å²) in [6, 6.07) is 12.8. The molecular formula is C30H35F3N4O3S. The van der Waals surface area contributed by atoms with E-state index >= 15 is 0 Å². The number of aryl methyl sites for hydroxylation is 1. The van der Waals surface area contributed by atoms with E-state index in [1.807, 2.05) is 28.6 Å². The quantitative estimate of drug-likeness (QED) is 0.257. The summed E-state index contributed by atoms with van der Waals surface area (Å²) in [7, 11) is 0. The zero-order valence-electron chi connectivity index (χ0n) is 22.9. The smallest absolute Gasteiger partial charge is 0.406 e. The summed E-state index contributed by atoms with van der Waals surface area (Å²) in [5.41, 5.74) is 8.38. The second kappa shape index (κ2) is 15.3. The largest absolute Gasteiger partial charge is 0.573 e. The summed E-state index contributed by atoms with van der Waals surface area (Å²) in [6.45, 7) is 7.00. The number of halogens is 3. The third kappa shape index (κ3) is 10.3. The van der Waals surface area contributed by atoms with E-state index in [0.29, 0.717) is 30.1 Å². The molecule has 0 bridgehead atoms. The van der Waals surface area contributed by atoms with E-state index < -0.39 is 12.4 Å². The fraction of sp³-hybridized carbons (Fsp3) is 0.333. The predicted molar refractivity (Wildman–Crippen MR) is 155 cm³/mol. The minimum Gasteiger partial charge on any atom is -0.406 e. The van der Waals surface area contributed by atoms with Crippen LogP contribution in [-0.2, 0) is 22.6 Å². The molecule has 3 rings (SSSR count). The Morgan fingerprint density at radius 1 is 1.12 bits per heavy atom. The lowest BCUT2D eigenvalue weighted by Gasteiger charge is -2.39. The first-order chi connectivity index (χ1) is 19.6. The van der Waals surface area contributed by atoms with Gasteiger partial charge >= 0.3 is 6.36 Å². The number of nitrogens with two attached hydrogens (primary N) is 1. The van der Waals surface area contributed by atoms with Crippen molar-refractivity contribution in [2.45, 2.75) is 50.0 Å². The van der Waals surface area contributed by atoms with E-state index in [9.17, 15) is 22.8 Å². The van der Waals surface area contributed by atoms with Gasteiger partial charge in [-0.05, 0) is 71.6 Å². The van der Waals surface area contributed by atoms with E-state index in [4.69, 9.17) is 5.73 Å². The number of hydrogen-bond donors (Lipinski definition) is 2. The van der Waals surface area contributed by atoms with Gasteiger partial charge in [-0.1, -0.05) is 56.3 Å². The molecule has 1 aliphatic rings. The maximum atomic E-state index is 13.4. The number of nitrogens with one attached hydrogen (secondary N) is 1. The lowest BCUT2D eigenvalue weighted by molar-refractivity contribution is -0.274. The highest BCUT2D eigenvalue weighted by atomic mass is 32.2. The maximum absolute atomic E-state index is 13.4. The first kappa shape index (κ1) is 31.8. The van der Waals surface area contributed by atoms with Gasteiger partial charge in [-0.15, -0.1) is 13.2 Å². The van der Waals surface area contributed by atoms with Crippen LogP contribution in [0, 0.1) is 0 Å². The highest BCUT2D eigenvalue weighted by molar-refractivity contribution is 7.97. The summed E-state index contributed by atoms with van der Waals surface area (Å²) in [4.78, 5) is 28.8. The monoisotopic (exact) mass is 588 g/mol. The molecule has 0 spiro atoms. The first-order valence-electron chi connectivity index (χ1n) is 13.3. The van der Waals surface area contributed by atoms with Gasteiger partial charge in [0.15, 0.2) is 0 Å². The van der Waals surface area contributed by atoms with Gasteiger partial charge in [-0.2, -0.15) is 0 Å². The molecule has 0 aromatic heterocycles. The van der Waals surface area contributed by atoms with Gasteiger partial charge in [-0.3, -0.25) is 9.59 Å². The molecule has 0 aliphatic carbocycles. The molecule has 0 saturated carbocycles. The number of benzene rings is 2. The van der Waals surface area contributed by atoms with Crippen LogP contribution in [0.25, 0.3) is 0 Å². The molecule has 1 aliphatic heterocycles. The molecule has 0 radical (unpaired) electrons. The lowest BCUT2D eigenvalue weighted by Crippen LogP contribution is -2.57. The Hall–Kier alpha value is -3.70. The Balaban J connectivity index is 1.73. The second-order valence-corrected chi connectivity index (χ2v) is 10.5. The molecule has 2 aromatic rings. The van der Waals surface area contributed by atoms with Crippen molar-refractivity contribution >= 4 is 23.8 Å². The molecular weight excluding hydrogens is 553 g/mol. The van der Waals surface area contributed by atoms with Crippen molar-refractivity contribution in [3.05, 3.63) is 96.2 Å². The first-order valence-corrected chi connectivity index (χ1v) is 14.0. The van der Waals surface area contributed by atoms with E-state index in [2.05, 4.69) is 23.6 Å².